The molecular formula is C30H30F3N5O2. The molecular weight excluding hydrogens is 519 g/mol. The number of anilines is 1. The number of rotatable bonds is 10. The van der Waals surface area contributed by atoms with Crippen molar-refractivity contribution in [2.75, 3.05) is 26.0 Å². The van der Waals surface area contributed by atoms with Gasteiger partial charge in [-0.05, 0) is 101 Å². The molecule has 2 heterocycles. The van der Waals surface area contributed by atoms with Crippen molar-refractivity contribution in [2.45, 2.75) is 32.4 Å². The summed E-state index contributed by atoms with van der Waals surface area (Å²) in [5, 5.41) is 2.64. The number of alkyl halides is 3. The van der Waals surface area contributed by atoms with Crippen LogP contribution in [0.3, 0.4) is 0 Å². The van der Waals surface area contributed by atoms with Crippen LogP contribution in [0.25, 0.3) is 11.3 Å². The number of carbonyl (C=O) groups excluding carboxylic acids is 1. The Kier molecular flexibility index (Phi) is 9.11. The standard InChI is InChI=1S/C30H30F3N5O2/c1-20-18-23(36-28(39)21-8-6-9-22(19-21)30(31,32)33)12-13-26(20)40-29-24(10-7-15-35-29)25-14-16-34-27(37-25)11-4-5-17-38(2)3/h6-10,12-16,18-19H,4-5,11,17H2,1-3H3,(H,36,39). The van der Waals surface area contributed by atoms with Crippen LogP contribution in [0.4, 0.5) is 18.9 Å². The maximum absolute atomic E-state index is 13.0. The molecule has 0 aliphatic carbocycles. The number of hydrogen-bond acceptors (Lipinski definition) is 6. The number of ether oxygens (including phenoxy) is 1. The van der Waals surface area contributed by atoms with Crippen LogP contribution in [0, 0.1) is 6.92 Å². The molecule has 0 bridgehead atoms. The van der Waals surface area contributed by atoms with Crippen LogP contribution in [-0.2, 0) is 12.6 Å². The minimum atomic E-state index is -4.53. The van der Waals surface area contributed by atoms with E-state index >= 15 is 0 Å². The van der Waals surface area contributed by atoms with Gasteiger partial charge >= 0.3 is 6.18 Å². The average molecular weight is 550 g/mol. The zero-order valence-corrected chi connectivity index (χ0v) is 22.5. The summed E-state index contributed by atoms with van der Waals surface area (Å²) in [5.41, 5.74) is 1.55. The third kappa shape index (κ3) is 7.63. The quantitative estimate of drug-likeness (QED) is 0.219. The SMILES string of the molecule is Cc1cc(NC(=O)c2cccc(C(F)(F)F)c2)ccc1Oc1ncccc1-c1ccnc(CCCCN(C)C)n1. The number of halogens is 3. The van der Waals surface area contributed by atoms with E-state index in [1.165, 1.54) is 12.1 Å². The number of amides is 1. The van der Waals surface area contributed by atoms with Crippen molar-refractivity contribution in [3.8, 4) is 22.9 Å². The van der Waals surface area contributed by atoms with E-state index in [4.69, 9.17) is 9.72 Å². The number of carbonyl (C=O) groups is 1. The van der Waals surface area contributed by atoms with E-state index in [9.17, 15) is 18.0 Å². The number of aryl methyl sites for hydroxylation is 2. The number of pyridine rings is 1. The van der Waals surface area contributed by atoms with Crippen molar-refractivity contribution in [3.05, 3.63) is 95.6 Å². The second kappa shape index (κ2) is 12.7. The van der Waals surface area contributed by atoms with E-state index < -0.39 is 17.6 Å². The van der Waals surface area contributed by atoms with Gasteiger partial charge in [0.05, 0.1) is 16.8 Å². The number of nitrogens with one attached hydrogen (secondary N) is 1. The van der Waals surface area contributed by atoms with E-state index in [-0.39, 0.29) is 5.56 Å². The summed E-state index contributed by atoms with van der Waals surface area (Å²) in [6, 6.07) is 14.7. The molecule has 0 aliphatic rings. The normalized spacial score (nSPS) is 11.5. The predicted octanol–water partition coefficient (Wildman–Crippen LogP) is 6.79. The van der Waals surface area contributed by atoms with Gasteiger partial charge in [0.2, 0.25) is 5.88 Å². The highest BCUT2D eigenvalue weighted by Crippen LogP contribution is 2.33. The van der Waals surface area contributed by atoms with Crippen LogP contribution >= 0.6 is 0 Å². The van der Waals surface area contributed by atoms with Crippen molar-refractivity contribution >= 4 is 11.6 Å². The number of aromatic nitrogens is 3. The number of nitrogens with zero attached hydrogens (tertiary/aromatic N) is 4. The summed E-state index contributed by atoms with van der Waals surface area (Å²) < 4.78 is 45.2. The van der Waals surface area contributed by atoms with Crippen LogP contribution in [0.1, 0.15) is 40.2 Å². The number of unbranched alkanes of at least 4 members (excludes halogenated alkanes) is 1. The fourth-order valence-electron chi connectivity index (χ4n) is 4.03. The van der Waals surface area contributed by atoms with E-state index in [1.807, 2.05) is 26.2 Å². The van der Waals surface area contributed by atoms with Gasteiger partial charge < -0.3 is 15.0 Å². The lowest BCUT2D eigenvalue weighted by Crippen LogP contribution is -2.14. The van der Waals surface area contributed by atoms with Gasteiger partial charge in [-0.1, -0.05) is 6.07 Å². The van der Waals surface area contributed by atoms with E-state index in [0.717, 1.165) is 43.8 Å². The molecule has 0 saturated heterocycles. The van der Waals surface area contributed by atoms with Gasteiger partial charge in [-0.15, -0.1) is 0 Å². The highest BCUT2D eigenvalue weighted by atomic mass is 19.4. The molecule has 0 atom stereocenters. The smallest absolute Gasteiger partial charge is 0.416 e. The van der Waals surface area contributed by atoms with E-state index in [2.05, 4.69) is 20.2 Å². The number of hydrogen-bond donors (Lipinski definition) is 1. The molecule has 0 aliphatic heterocycles. The van der Waals surface area contributed by atoms with Gasteiger partial charge in [0.25, 0.3) is 5.91 Å². The molecule has 0 spiro atoms. The maximum Gasteiger partial charge on any atom is 0.416 e. The Labute approximate surface area is 231 Å². The van der Waals surface area contributed by atoms with Gasteiger partial charge in [0.1, 0.15) is 11.6 Å². The summed E-state index contributed by atoms with van der Waals surface area (Å²) >= 11 is 0. The Balaban J connectivity index is 1.47. The summed E-state index contributed by atoms with van der Waals surface area (Å²) in [5.74, 6) is 0.981. The molecule has 1 amide bonds. The second-order valence-corrected chi connectivity index (χ2v) is 9.59. The second-order valence-electron chi connectivity index (χ2n) is 9.59. The highest BCUT2D eigenvalue weighted by molar-refractivity contribution is 6.04. The molecule has 7 nitrogen and oxygen atoms in total. The average Bonchev–Trinajstić information content (AvgIpc) is 2.92. The molecule has 0 fully saturated rings. The third-order valence-electron chi connectivity index (χ3n) is 6.10. The molecule has 0 radical (unpaired) electrons. The van der Waals surface area contributed by atoms with Crippen molar-refractivity contribution in [2.24, 2.45) is 0 Å². The van der Waals surface area contributed by atoms with Gasteiger partial charge in [-0.2, -0.15) is 13.2 Å². The predicted molar refractivity (Wildman–Crippen MR) is 147 cm³/mol. The lowest BCUT2D eigenvalue weighted by atomic mass is 10.1. The zero-order valence-electron chi connectivity index (χ0n) is 22.5. The van der Waals surface area contributed by atoms with Crippen LogP contribution in [0.2, 0.25) is 0 Å². The van der Waals surface area contributed by atoms with Crippen molar-refractivity contribution in [1.82, 2.24) is 19.9 Å². The largest absolute Gasteiger partial charge is 0.438 e. The highest BCUT2D eigenvalue weighted by Gasteiger charge is 2.31. The summed E-state index contributed by atoms with van der Waals surface area (Å²) in [7, 11) is 4.10. The van der Waals surface area contributed by atoms with Crippen LogP contribution in [0.5, 0.6) is 11.6 Å². The minimum Gasteiger partial charge on any atom is -0.438 e. The Bertz CT molecular complexity index is 1470. The monoisotopic (exact) mass is 549 g/mol. The van der Waals surface area contributed by atoms with Crippen LogP contribution in [0.15, 0.2) is 73.1 Å². The molecule has 208 valence electrons. The van der Waals surface area contributed by atoms with Gasteiger partial charge in [0, 0.05) is 30.1 Å². The molecule has 1 N–H and O–H groups in total. The first-order valence-electron chi connectivity index (χ1n) is 12.8. The van der Waals surface area contributed by atoms with Crippen molar-refractivity contribution in [3.63, 3.8) is 0 Å². The fourth-order valence-corrected chi connectivity index (χ4v) is 4.03. The van der Waals surface area contributed by atoms with E-state index in [0.29, 0.717) is 34.1 Å². The van der Waals surface area contributed by atoms with Crippen molar-refractivity contribution < 1.29 is 22.7 Å². The van der Waals surface area contributed by atoms with Gasteiger partial charge in [0.15, 0.2) is 0 Å². The van der Waals surface area contributed by atoms with E-state index in [1.54, 1.807) is 43.6 Å². The van der Waals surface area contributed by atoms with Crippen LogP contribution < -0.4 is 10.1 Å². The first-order valence-corrected chi connectivity index (χ1v) is 12.8. The first kappa shape index (κ1) is 28.7. The minimum absolute atomic E-state index is 0.0900. The topological polar surface area (TPSA) is 80.2 Å². The lowest BCUT2D eigenvalue weighted by molar-refractivity contribution is -0.137. The molecule has 10 heteroatoms. The molecule has 2 aromatic carbocycles. The summed E-state index contributed by atoms with van der Waals surface area (Å²) in [4.78, 5) is 28.3. The first-order chi connectivity index (χ1) is 19.1. The Morgan fingerprint density at radius 3 is 2.55 bits per heavy atom. The Morgan fingerprint density at radius 1 is 0.975 bits per heavy atom. The summed E-state index contributed by atoms with van der Waals surface area (Å²) in [6.07, 6.45) is 1.63. The fraction of sp³-hybridized carbons (Fsp3) is 0.267. The molecule has 4 aromatic rings. The molecule has 2 aromatic heterocycles. The third-order valence-corrected chi connectivity index (χ3v) is 6.10. The maximum atomic E-state index is 13.0. The van der Waals surface area contributed by atoms with Gasteiger partial charge in [-0.3, -0.25) is 4.79 Å². The van der Waals surface area contributed by atoms with Crippen LogP contribution in [-0.4, -0.2) is 46.4 Å². The van der Waals surface area contributed by atoms with Crippen molar-refractivity contribution in [1.29, 1.82) is 0 Å². The van der Waals surface area contributed by atoms with Gasteiger partial charge in [-0.25, -0.2) is 15.0 Å². The molecule has 4 rings (SSSR count). The molecule has 40 heavy (non-hydrogen) atoms. The Morgan fingerprint density at radius 2 is 1.80 bits per heavy atom. The summed E-state index contributed by atoms with van der Waals surface area (Å²) in [6.45, 7) is 2.81. The zero-order chi connectivity index (χ0) is 28.7. The molecule has 0 saturated carbocycles. The lowest BCUT2D eigenvalue weighted by Gasteiger charge is -2.14. The molecule has 0 unspecified atom stereocenters. The Hall–Kier alpha value is -4.31. The number of benzene rings is 2.